The van der Waals surface area contributed by atoms with Crippen LogP contribution in [0.2, 0.25) is 0 Å². The molecular weight excluding hydrogens is 833 g/mol. The average Bonchev–Trinajstić information content (AvgIpc) is 3.30. The maximum Gasteiger partial charge on any atom is 0.328 e. The van der Waals surface area contributed by atoms with E-state index in [2.05, 4.69) is 44.0 Å². The number of hydrogen-bond donors (Lipinski definition) is 4. The highest BCUT2D eigenvalue weighted by molar-refractivity contribution is 5.90. The molecule has 4 aromatic rings. The molecule has 4 N–H and O–H groups in total. The molecule has 344 valence electrons. The van der Waals surface area contributed by atoms with Crippen molar-refractivity contribution in [2.45, 2.75) is 25.7 Å². The fourth-order valence-electron chi connectivity index (χ4n) is 6.57. The first-order valence-electron chi connectivity index (χ1n) is 20.0. The number of ether oxygens (including phenoxy) is 6. The number of methoxy groups -OCH3 is 6. The molecule has 18 nitrogen and oxygen atoms in total. The Labute approximate surface area is 371 Å². The van der Waals surface area contributed by atoms with Crippen LogP contribution in [0, 0.1) is 0 Å². The van der Waals surface area contributed by atoms with Crippen LogP contribution in [0.3, 0.4) is 0 Å². The van der Waals surface area contributed by atoms with Crippen LogP contribution in [-0.2, 0) is 32.0 Å². The Balaban J connectivity index is 0.000000577. The summed E-state index contributed by atoms with van der Waals surface area (Å²) in [7, 11) is 9.73. The van der Waals surface area contributed by atoms with Gasteiger partial charge in [0.15, 0.2) is 23.0 Å². The van der Waals surface area contributed by atoms with Gasteiger partial charge in [-0.15, -0.1) is 0 Å². The van der Waals surface area contributed by atoms with Gasteiger partial charge in [0.2, 0.25) is 11.5 Å². The molecule has 0 atom stereocenters. The van der Waals surface area contributed by atoms with Crippen molar-refractivity contribution in [3.63, 3.8) is 0 Å². The Morgan fingerprint density at radius 1 is 0.500 bits per heavy atom. The van der Waals surface area contributed by atoms with Crippen LogP contribution in [0.15, 0.2) is 85.2 Å². The lowest BCUT2D eigenvalue weighted by Gasteiger charge is -2.34. The first-order chi connectivity index (χ1) is 30.7. The minimum absolute atomic E-state index is 0.558. The number of carbonyl (C=O) groups is 4. The number of nitrogens with zero attached hydrogens (tertiary/aromatic N) is 4. The zero-order valence-corrected chi connectivity index (χ0v) is 36.8. The first-order valence-corrected chi connectivity index (χ1v) is 20.0. The number of benzene rings is 2. The number of carboxylic acid groups (broad SMARTS) is 4. The fourth-order valence-corrected chi connectivity index (χ4v) is 6.57. The van der Waals surface area contributed by atoms with E-state index in [1.165, 1.54) is 11.1 Å². The van der Waals surface area contributed by atoms with Gasteiger partial charge in [0, 0.05) is 74.0 Å². The lowest BCUT2D eigenvalue weighted by atomic mass is 10.0. The van der Waals surface area contributed by atoms with Crippen LogP contribution in [0.1, 0.15) is 24.0 Å². The second-order valence-corrected chi connectivity index (χ2v) is 13.8. The second kappa shape index (κ2) is 27.0. The normalized spacial score (nSPS) is 12.6. The Bertz CT molecular complexity index is 1980. The van der Waals surface area contributed by atoms with Gasteiger partial charge in [-0.25, -0.2) is 19.2 Å². The smallest absolute Gasteiger partial charge is 0.328 e. The molecule has 1 aliphatic rings. The molecular formula is C46H56N4O14. The molecule has 0 saturated carbocycles. The molecule has 3 heterocycles. The number of carboxylic acids is 4. The summed E-state index contributed by atoms with van der Waals surface area (Å²) in [5.74, 6) is -1.38. The van der Waals surface area contributed by atoms with E-state index in [9.17, 15) is 19.2 Å². The molecule has 0 spiro atoms. The number of rotatable bonds is 20. The topological polar surface area (TPSA) is 237 Å². The third kappa shape index (κ3) is 16.9. The summed E-state index contributed by atoms with van der Waals surface area (Å²) in [5, 5.41) is 31.2. The van der Waals surface area contributed by atoms with Gasteiger partial charge in [0.05, 0.1) is 54.0 Å². The van der Waals surface area contributed by atoms with E-state index in [-0.39, 0.29) is 0 Å². The third-order valence-corrected chi connectivity index (χ3v) is 9.65. The lowest BCUT2D eigenvalue weighted by Crippen LogP contribution is -2.46. The van der Waals surface area contributed by atoms with Crippen LogP contribution in [0.25, 0.3) is 22.5 Å². The minimum atomic E-state index is -1.26. The van der Waals surface area contributed by atoms with Crippen LogP contribution < -0.4 is 28.4 Å². The molecule has 2 aromatic carbocycles. The molecule has 0 radical (unpaired) electrons. The number of pyridine rings is 2. The quantitative estimate of drug-likeness (QED) is 0.0805. The predicted molar refractivity (Wildman–Crippen MR) is 237 cm³/mol. The average molecular weight is 889 g/mol. The summed E-state index contributed by atoms with van der Waals surface area (Å²) in [6.07, 6.45) is 10.2. The number of aliphatic carboxylic acids is 4. The molecule has 1 aliphatic heterocycles. The molecule has 18 heteroatoms. The largest absolute Gasteiger partial charge is 0.493 e. The minimum Gasteiger partial charge on any atom is -0.493 e. The van der Waals surface area contributed by atoms with Crippen molar-refractivity contribution in [1.82, 2.24) is 19.8 Å². The monoisotopic (exact) mass is 888 g/mol. The summed E-state index contributed by atoms with van der Waals surface area (Å²) >= 11 is 0. The van der Waals surface area contributed by atoms with E-state index in [1.54, 1.807) is 42.7 Å². The van der Waals surface area contributed by atoms with E-state index in [1.807, 2.05) is 36.7 Å². The van der Waals surface area contributed by atoms with Crippen molar-refractivity contribution in [1.29, 1.82) is 0 Å². The van der Waals surface area contributed by atoms with Gasteiger partial charge < -0.3 is 58.6 Å². The Morgan fingerprint density at radius 3 is 1.05 bits per heavy atom. The predicted octanol–water partition coefficient (Wildman–Crippen LogP) is 5.47. The Kier molecular flexibility index (Phi) is 21.6. The first kappa shape index (κ1) is 51.2. The highest BCUT2D eigenvalue weighted by Crippen LogP contribution is 2.42. The van der Waals surface area contributed by atoms with E-state index >= 15 is 0 Å². The van der Waals surface area contributed by atoms with Gasteiger partial charge in [-0.2, -0.15) is 0 Å². The number of aromatic nitrogens is 2. The Morgan fingerprint density at radius 2 is 0.797 bits per heavy atom. The van der Waals surface area contributed by atoms with Gasteiger partial charge in [0.1, 0.15) is 0 Å². The van der Waals surface area contributed by atoms with Crippen molar-refractivity contribution in [3.05, 3.63) is 96.4 Å². The molecule has 64 heavy (non-hydrogen) atoms. The van der Waals surface area contributed by atoms with E-state index in [4.69, 9.17) is 48.8 Å². The molecule has 0 aliphatic carbocycles. The number of piperazine rings is 1. The van der Waals surface area contributed by atoms with Crippen LogP contribution >= 0.6 is 0 Å². The van der Waals surface area contributed by atoms with Crippen LogP contribution in [0.5, 0.6) is 34.5 Å². The zero-order chi connectivity index (χ0) is 47.0. The maximum absolute atomic E-state index is 9.55. The maximum atomic E-state index is 9.55. The summed E-state index contributed by atoms with van der Waals surface area (Å²) in [5.41, 5.74) is 6.21. The van der Waals surface area contributed by atoms with Crippen LogP contribution in [-0.4, -0.2) is 146 Å². The summed E-state index contributed by atoms with van der Waals surface area (Å²) in [6, 6.07) is 16.3. The Hall–Kier alpha value is -7.18. The van der Waals surface area contributed by atoms with E-state index in [0.717, 1.165) is 87.5 Å². The van der Waals surface area contributed by atoms with Gasteiger partial charge in [-0.3, -0.25) is 9.97 Å². The SMILES string of the molecule is COc1cc(-c2cc(CCCN3CCN(CCCc4ccnc(-c5cc(OC)c(OC)c(OC)c5)c4)CC3)ccn2)cc(OC)c1OC.O=C(O)/C=C/C(=O)O.O=C(O)/C=C/C(=O)O. The van der Waals surface area contributed by atoms with Crippen molar-refractivity contribution < 1.29 is 68.0 Å². The molecule has 1 fully saturated rings. The van der Waals surface area contributed by atoms with Crippen LogP contribution in [0.4, 0.5) is 0 Å². The highest BCUT2D eigenvalue weighted by Gasteiger charge is 2.18. The van der Waals surface area contributed by atoms with Gasteiger partial charge >= 0.3 is 23.9 Å². The van der Waals surface area contributed by atoms with Crippen molar-refractivity contribution in [3.8, 4) is 57.0 Å². The fraction of sp³-hybridized carbons (Fsp3) is 0.348. The summed E-state index contributed by atoms with van der Waals surface area (Å²) in [4.78, 5) is 52.6. The summed E-state index contributed by atoms with van der Waals surface area (Å²) < 4.78 is 33.1. The zero-order valence-electron chi connectivity index (χ0n) is 36.8. The van der Waals surface area contributed by atoms with Crippen molar-refractivity contribution in [2.24, 2.45) is 0 Å². The van der Waals surface area contributed by atoms with Crippen molar-refractivity contribution >= 4 is 23.9 Å². The second-order valence-electron chi connectivity index (χ2n) is 13.8. The molecule has 2 aromatic heterocycles. The molecule has 0 unspecified atom stereocenters. The molecule has 0 bridgehead atoms. The molecule has 5 rings (SSSR count). The van der Waals surface area contributed by atoms with Gasteiger partial charge in [0.25, 0.3) is 0 Å². The third-order valence-electron chi connectivity index (χ3n) is 9.65. The van der Waals surface area contributed by atoms with Crippen molar-refractivity contribution in [2.75, 3.05) is 81.9 Å². The van der Waals surface area contributed by atoms with E-state index in [0.29, 0.717) is 58.8 Å². The molecule has 0 amide bonds. The number of aryl methyl sites for hydroxylation is 2. The number of hydrogen-bond acceptors (Lipinski definition) is 14. The summed E-state index contributed by atoms with van der Waals surface area (Å²) in [6.45, 7) is 6.61. The lowest BCUT2D eigenvalue weighted by molar-refractivity contribution is -0.134. The van der Waals surface area contributed by atoms with Gasteiger partial charge in [-0.1, -0.05) is 0 Å². The van der Waals surface area contributed by atoms with E-state index < -0.39 is 23.9 Å². The standard InChI is InChI=1S/C38H48N4O6.2C4H4O4/c1-43-33-23-29(24-34(44-2)37(33)47-5)31-21-27(11-13-39-31)9-7-15-41-17-19-42(20-18-41)16-8-10-28-12-14-40-32(22-28)30-25-35(45-3)38(48-6)36(26-30)46-4;2*5-3(6)1-2-4(7)8/h11-14,21-26H,7-10,15-20H2,1-6H3;2*1-2H,(H,5,6)(H,7,8)/b;2*2-1+. The van der Waals surface area contributed by atoms with Gasteiger partial charge in [-0.05, 0) is 98.4 Å². The highest BCUT2D eigenvalue weighted by atomic mass is 16.5. The molecule has 1 saturated heterocycles.